The van der Waals surface area contributed by atoms with E-state index in [1.165, 1.54) is 0 Å². The molecule has 0 bridgehead atoms. The summed E-state index contributed by atoms with van der Waals surface area (Å²) < 4.78 is 14.7. The number of nitrogens with one attached hydrogen (secondary N) is 1. The lowest BCUT2D eigenvalue weighted by Crippen LogP contribution is -2.40. The Morgan fingerprint density at radius 2 is 2.12 bits per heavy atom. The zero-order valence-corrected chi connectivity index (χ0v) is 11.5. The summed E-state index contributed by atoms with van der Waals surface area (Å²) in [6.07, 6.45) is 1.65. The summed E-state index contributed by atoms with van der Waals surface area (Å²) in [5.74, 6) is 0. The number of halogens is 1. The first-order chi connectivity index (χ1) is 7.30. The van der Waals surface area contributed by atoms with Crippen LogP contribution in [0, 0.1) is 0 Å². The van der Waals surface area contributed by atoms with Crippen LogP contribution in [0.25, 0.3) is 0 Å². The van der Waals surface area contributed by atoms with E-state index in [4.69, 9.17) is 11.6 Å². The zero-order chi connectivity index (χ0) is 12.3. The molecule has 1 N–H and O–H groups in total. The fourth-order valence-electron chi connectivity index (χ4n) is 1.09. The van der Waals surface area contributed by atoms with Crippen molar-refractivity contribution in [3.8, 4) is 0 Å². The van der Waals surface area contributed by atoms with Gasteiger partial charge in [-0.25, -0.2) is 4.98 Å². The Kier molecular flexibility index (Phi) is 4.62. The van der Waals surface area contributed by atoms with Gasteiger partial charge in [0, 0.05) is 17.6 Å². The van der Waals surface area contributed by atoms with Crippen molar-refractivity contribution in [3.05, 3.63) is 29.0 Å². The van der Waals surface area contributed by atoms with Gasteiger partial charge in [-0.2, -0.15) is 0 Å². The average Bonchev–Trinajstić information content (AvgIpc) is 2.16. The van der Waals surface area contributed by atoms with Gasteiger partial charge in [0.05, 0.1) is 6.04 Å². The quantitative estimate of drug-likeness (QED) is 0.672. The minimum atomic E-state index is -1.09. The van der Waals surface area contributed by atoms with E-state index < -0.39 is 11.4 Å². The molecule has 5 heteroatoms. The normalized spacial score (nSPS) is 15.9. The van der Waals surface area contributed by atoms with E-state index in [0.717, 1.165) is 5.56 Å². The Hall–Kier alpha value is -0.290. The van der Waals surface area contributed by atoms with Crippen molar-refractivity contribution in [2.45, 2.75) is 38.5 Å². The van der Waals surface area contributed by atoms with Crippen molar-refractivity contribution in [2.75, 3.05) is 0 Å². The highest BCUT2D eigenvalue weighted by molar-refractivity contribution is 7.90. The molecule has 3 nitrogen and oxygen atoms in total. The summed E-state index contributed by atoms with van der Waals surface area (Å²) in [4.78, 5) is 3.91. The van der Waals surface area contributed by atoms with Crippen molar-refractivity contribution < 1.29 is 4.55 Å². The van der Waals surface area contributed by atoms with Gasteiger partial charge in [0.2, 0.25) is 0 Å². The molecule has 0 aliphatic carbocycles. The predicted molar refractivity (Wildman–Crippen MR) is 68.7 cm³/mol. The molecular formula is C11H17ClN2OS. The van der Waals surface area contributed by atoms with Crippen molar-refractivity contribution in [1.82, 2.24) is 9.71 Å². The summed E-state index contributed by atoms with van der Waals surface area (Å²) in [6.45, 7) is 7.75. The molecule has 0 fully saturated rings. The molecule has 0 radical (unpaired) electrons. The van der Waals surface area contributed by atoms with E-state index in [1.54, 1.807) is 12.3 Å². The van der Waals surface area contributed by atoms with Gasteiger partial charge in [0.15, 0.2) is 0 Å². The number of hydrogen-bond acceptors (Lipinski definition) is 3. The van der Waals surface area contributed by atoms with Crippen LogP contribution in [0.3, 0.4) is 0 Å². The summed E-state index contributed by atoms with van der Waals surface area (Å²) in [5, 5.41) is 0.452. The maximum absolute atomic E-state index is 11.9. The SMILES string of the molecule is C[C@H](N[S@@+]([O-])C(C)(C)C)c1ccnc(Cl)c1. The Morgan fingerprint density at radius 1 is 1.50 bits per heavy atom. The third kappa shape index (κ3) is 3.94. The molecule has 0 saturated carbocycles. The minimum Gasteiger partial charge on any atom is -0.598 e. The van der Waals surface area contributed by atoms with Crippen molar-refractivity contribution in [2.24, 2.45) is 0 Å². The highest BCUT2D eigenvalue weighted by atomic mass is 35.5. The minimum absolute atomic E-state index is 0.0134. The molecule has 0 spiro atoms. The molecule has 90 valence electrons. The Balaban J connectivity index is 2.69. The van der Waals surface area contributed by atoms with Crippen LogP contribution in [0.1, 0.15) is 39.3 Å². The van der Waals surface area contributed by atoms with Crippen LogP contribution in [-0.4, -0.2) is 14.3 Å². The lowest BCUT2D eigenvalue weighted by atomic mass is 10.1. The number of pyridine rings is 1. The van der Waals surface area contributed by atoms with Crippen LogP contribution in [0.5, 0.6) is 0 Å². The third-order valence-electron chi connectivity index (χ3n) is 2.09. The van der Waals surface area contributed by atoms with Gasteiger partial charge in [0.25, 0.3) is 0 Å². The van der Waals surface area contributed by atoms with E-state index in [2.05, 4.69) is 9.71 Å². The second-order valence-electron chi connectivity index (χ2n) is 4.63. The summed E-state index contributed by atoms with van der Waals surface area (Å²) in [7, 11) is 0. The van der Waals surface area contributed by atoms with E-state index >= 15 is 0 Å². The van der Waals surface area contributed by atoms with Gasteiger partial charge in [-0.1, -0.05) is 11.6 Å². The number of aromatic nitrogens is 1. The van der Waals surface area contributed by atoms with Crippen LogP contribution in [0.4, 0.5) is 0 Å². The molecule has 16 heavy (non-hydrogen) atoms. The fourth-order valence-corrected chi connectivity index (χ4v) is 2.09. The first-order valence-electron chi connectivity index (χ1n) is 5.10. The topological polar surface area (TPSA) is 48.0 Å². The monoisotopic (exact) mass is 260 g/mol. The molecule has 0 aliphatic heterocycles. The summed E-state index contributed by atoms with van der Waals surface area (Å²) in [6, 6.07) is 3.63. The van der Waals surface area contributed by atoms with Crippen LogP contribution in [0.2, 0.25) is 5.15 Å². The van der Waals surface area contributed by atoms with Gasteiger partial charge in [-0.15, -0.1) is 4.72 Å². The molecule has 1 heterocycles. The molecule has 1 rings (SSSR count). The van der Waals surface area contributed by atoms with E-state index in [0.29, 0.717) is 5.15 Å². The fraction of sp³-hybridized carbons (Fsp3) is 0.545. The Morgan fingerprint density at radius 3 is 2.62 bits per heavy atom. The van der Waals surface area contributed by atoms with Crippen LogP contribution in [0.15, 0.2) is 18.3 Å². The number of rotatable bonds is 3. The standard InChI is InChI=1S/C11H17ClN2OS/c1-8(14-16(15)11(2,3)4)9-5-6-13-10(12)7-9/h5-8,14H,1-4H3/t8-,16-/m0/s1. The van der Waals surface area contributed by atoms with Gasteiger partial charge in [-0.05, 0) is 45.4 Å². The molecular weight excluding hydrogens is 244 g/mol. The number of hydrogen-bond donors (Lipinski definition) is 1. The van der Waals surface area contributed by atoms with Gasteiger partial charge in [-0.3, -0.25) is 0 Å². The lowest BCUT2D eigenvalue weighted by molar-refractivity contribution is 0.531. The summed E-state index contributed by atoms with van der Waals surface area (Å²) >= 11 is 4.71. The predicted octanol–water partition coefficient (Wildman–Crippen LogP) is 2.85. The zero-order valence-electron chi connectivity index (χ0n) is 9.95. The molecule has 1 aromatic heterocycles. The van der Waals surface area contributed by atoms with E-state index in [1.807, 2.05) is 33.8 Å². The molecule has 0 saturated heterocycles. The first kappa shape index (κ1) is 13.8. The maximum atomic E-state index is 11.9. The highest BCUT2D eigenvalue weighted by Gasteiger charge is 2.28. The molecule has 0 aliphatic rings. The van der Waals surface area contributed by atoms with Crippen LogP contribution >= 0.6 is 11.6 Å². The molecule has 0 aromatic carbocycles. The van der Waals surface area contributed by atoms with Crippen molar-refractivity contribution in [3.63, 3.8) is 0 Å². The Labute approximate surface area is 105 Å². The Bertz CT molecular complexity index is 354. The van der Waals surface area contributed by atoms with Gasteiger partial charge in [0.1, 0.15) is 9.90 Å². The lowest BCUT2D eigenvalue weighted by Gasteiger charge is -2.26. The van der Waals surface area contributed by atoms with Gasteiger partial charge >= 0.3 is 0 Å². The average molecular weight is 261 g/mol. The van der Waals surface area contributed by atoms with E-state index in [-0.39, 0.29) is 10.8 Å². The summed E-state index contributed by atoms with van der Waals surface area (Å²) in [5.41, 5.74) is 0.984. The first-order valence-corrected chi connectivity index (χ1v) is 6.63. The highest BCUT2D eigenvalue weighted by Crippen LogP contribution is 2.20. The molecule has 0 unspecified atom stereocenters. The van der Waals surface area contributed by atoms with Gasteiger partial charge < -0.3 is 4.55 Å². The van der Waals surface area contributed by atoms with Crippen LogP contribution in [-0.2, 0) is 11.4 Å². The smallest absolute Gasteiger partial charge is 0.136 e. The third-order valence-corrected chi connectivity index (χ3v) is 3.98. The molecule has 1 aromatic rings. The number of nitrogens with zero attached hydrogens (tertiary/aromatic N) is 1. The van der Waals surface area contributed by atoms with Crippen molar-refractivity contribution >= 4 is 23.0 Å². The van der Waals surface area contributed by atoms with Crippen molar-refractivity contribution in [1.29, 1.82) is 0 Å². The molecule has 2 atom stereocenters. The second kappa shape index (κ2) is 5.36. The van der Waals surface area contributed by atoms with Crippen LogP contribution < -0.4 is 4.72 Å². The maximum Gasteiger partial charge on any atom is 0.136 e. The van der Waals surface area contributed by atoms with E-state index in [9.17, 15) is 4.55 Å². The largest absolute Gasteiger partial charge is 0.598 e. The molecule has 0 amide bonds. The second-order valence-corrected chi connectivity index (χ2v) is 7.02.